The van der Waals surface area contributed by atoms with E-state index in [-0.39, 0.29) is 46.6 Å². The van der Waals surface area contributed by atoms with Gasteiger partial charge >= 0.3 is 11.9 Å². The Kier molecular flexibility index (Phi) is 12.7. The van der Waals surface area contributed by atoms with Crippen LogP contribution in [0.5, 0.6) is 5.75 Å². The molecule has 56 heavy (non-hydrogen) atoms. The summed E-state index contributed by atoms with van der Waals surface area (Å²) in [6, 6.07) is 28.9. The summed E-state index contributed by atoms with van der Waals surface area (Å²) >= 11 is 3.34. The molecule has 0 saturated carbocycles. The van der Waals surface area contributed by atoms with E-state index in [1.54, 1.807) is 78.9 Å². The van der Waals surface area contributed by atoms with Gasteiger partial charge in [-0.3, -0.25) is 14.2 Å². The average molecular weight is 822 g/mol. The molecule has 0 amide bonds. The lowest BCUT2D eigenvalue weighted by molar-refractivity contribution is 0.0144. The van der Waals surface area contributed by atoms with Gasteiger partial charge in [0.05, 0.1) is 48.2 Å². The van der Waals surface area contributed by atoms with Gasteiger partial charge in [0, 0.05) is 24.7 Å². The van der Waals surface area contributed by atoms with Gasteiger partial charge < -0.3 is 14.2 Å². The summed E-state index contributed by atoms with van der Waals surface area (Å²) in [5.41, 5.74) is 3.68. The van der Waals surface area contributed by atoms with E-state index in [4.69, 9.17) is 25.8 Å². The highest BCUT2D eigenvalue weighted by Crippen LogP contribution is 2.35. The number of aryl methyl sites for hydroxylation is 1. The lowest BCUT2D eigenvalue weighted by Crippen LogP contribution is -2.53. The Labute approximate surface area is 331 Å². The van der Waals surface area contributed by atoms with Crippen LogP contribution in [-0.2, 0) is 43.7 Å². The first-order chi connectivity index (χ1) is 26.8. The molecule has 1 atom stereocenters. The molecule has 0 spiro atoms. The van der Waals surface area contributed by atoms with Crippen LogP contribution in [0.2, 0.25) is 5.02 Å². The molecule has 5 aromatic rings. The first-order valence-corrected chi connectivity index (χ1v) is 20.3. The molecule has 1 aliphatic heterocycles. The number of carbonyl (C=O) groups is 2. The molecule has 292 valence electrons. The van der Waals surface area contributed by atoms with Crippen LogP contribution in [0.3, 0.4) is 0 Å². The number of nitrogens with one attached hydrogen (secondary N) is 1. The lowest BCUT2D eigenvalue weighted by Gasteiger charge is -2.39. The van der Waals surface area contributed by atoms with E-state index in [9.17, 15) is 31.2 Å². The molecule has 5 aromatic carbocycles. The second kappa shape index (κ2) is 17.6. The Morgan fingerprint density at radius 2 is 1.46 bits per heavy atom. The number of hydrogen-bond donors (Lipinski definition) is 2. The second-order valence-electron chi connectivity index (χ2n) is 12.9. The summed E-state index contributed by atoms with van der Waals surface area (Å²) < 4.78 is 81.9. The van der Waals surface area contributed by atoms with Crippen LogP contribution in [0.25, 0.3) is 11.1 Å². The van der Waals surface area contributed by atoms with Crippen molar-refractivity contribution in [1.82, 2.24) is 4.90 Å². The molecule has 0 aliphatic carbocycles. The normalized spacial score (nSPS) is 13.7. The third-order valence-electron chi connectivity index (χ3n) is 8.99. The predicted molar refractivity (Wildman–Crippen MR) is 213 cm³/mol. The van der Waals surface area contributed by atoms with Crippen molar-refractivity contribution < 1.29 is 45.4 Å². The lowest BCUT2D eigenvalue weighted by atomic mass is 10.1. The summed E-state index contributed by atoms with van der Waals surface area (Å²) in [6.45, 7) is 1.42. The number of methoxy groups -OCH3 is 2. The van der Waals surface area contributed by atoms with Crippen LogP contribution in [0.1, 0.15) is 31.8 Å². The number of esters is 2. The summed E-state index contributed by atoms with van der Waals surface area (Å²) in [5, 5.41) is 0.552. The van der Waals surface area contributed by atoms with Crippen molar-refractivity contribution in [2.75, 3.05) is 42.1 Å². The molecule has 1 heterocycles. The maximum Gasteiger partial charge on any atom is 0.340 e. The van der Waals surface area contributed by atoms with Gasteiger partial charge in [0.15, 0.2) is 0 Å². The Morgan fingerprint density at radius 1 is 0.857 bits per heavy atom. The molecule has 1 fully saturated rings. The highest BCUT2D eigenvalue weighted by atomic mass is 35.5. The third kappa shape index (κ3) is 9.91. The number of anilines is 3. The minimum absolute atomic E-state index is 0.00206. The van der Waals surface area contributed by atoms with E-state index >= 15 is 0 Å². The molecule has 0 aromatic heterocycles. The van der Waals surface area contributed by atoms with Gasteiger partial charge in [-0.1, -0.05) is 54.1 Å². The molecule has 1 saturated heterocycles. The molecule has 12 nitrogen and oxygen atoms in total. The van der Waals surface area contributed by atoms with Crippen molar-refractivity contribution in [3.05, 3.63) is 142 Å². The van der Waals surface area contributed by atoms with E-state index in [2.05, 4.69) is 9.62 Å². The number of nitrogens with zero attached hydrogens (tertiary/aromatic N) is 2. The fourth-order valence-corrected chi connectivity index (χ4v) is 8.02. The van der Waals surface area contributed by atoms with Gasteiger partial charge in [-0.05, 0) is 95.4 Å². The van der Waals surface area contributed by atoms with E-state index in [0.29, 0.717) is 36.1 Å². The number of halogens is 2. The summed E-state index contributed by atoms with van der Waals surface area (Å²) in [6.07, 6.45) is -0.0117. The minimum atomic E-state index is -3.81. The van der Waals surface area contributed by atoms with Crippen LogP contribution < -0.4 is 13.8 Å². The highest BCUT2D eigenvalue weighted by molar-refractivity contribution is 7.92. The molecule has 0 radical (unpaired) electrons. The quantitative estimate of drug-likeness (QED) is 0.0817. The molecule has 6 rings (SSSR count). The zero-order valence-corrected chi connectivity index (χ0v) is 32.6. The average Bonchev–Trinajstić information content (AvgIpc) is 3.17. The maximum atomic E-state index is 13.4. The first-order valence-electron chi connectivity index (χ1n) is 17.2. The number of hydrogen-bond acceptors (Lipinski definition) is 9. The van der Waals surface area contributed by atoms with Crippen LogP contribution >= 0.6 is 11.6 Å². The Bertz CT molecular complexity index is 2340. The largest absolute Gasteiger partial charge is 0.488 e. The smallest absolute Gasteiger partial charge is 0.340 e. The number of sulfonamides is 1. The standard InChI is InChI=1S/C40H37ClFN3O9S2/c1-52-39(46)35-21-27(5-17-37(35)43-56(50,51)20-19-26-3-10-30(41)11-4-26)23-44-24-34(25-44)54-33-16-18-38(36(22-33)40(47)53-2)45(55(48)49)32-14-8-29(9-15-32)28-6-12-31(42)13-7-28/h3-18,21-22,34,43H,19-20,23-25H2,1-2H3,(H,48,49). The van der Waals surface area contributed by atoms with Gasteiger partial charge in [-0.15, -0.1) is 0 Å². The Hall–Kier alpha value is -5.32. The maximum absolute atomic E-state index is 13.4. The minimum Gasteiger partial charge on any atom is -0.488 e. The van der Waals surface area contributed by atoms with Crippen molar-refractivity contribution in [3.63, 3.8) is 0 Å². The van der Waals surface area contributed by atoms with Crippen LogP contribution in [0.4, 0.5) is 21.5 Å². The summed E-state index contributed by atoms with van der Waals surface area (Å²) in [7, 11) is -1.38. The topological polar surface area (TPSA) is 152 Å². The van der Waals surface area contributed by atoms with Crippen molar-refractivity contribution in [3.8, 4) is 16.9 Å². The molecular formula is C40H37ClFN3O9S2. The number of benzene rings is 5. The van der Waals surface area contributed by atoms with Crippen molar-refractivity contribution in [1.29, 1.82) is 0 Å². The van der Waals surface area contributed by atoms with E-state index < -0.39 is 33.2 Å². The number of rotatable bonds is 15. The van der Waals surface area contributed by atoms with Gasteiger partial charge in [0.1, 0.15) is 17.7 Å². The molecule has 2 N–H and O–H groups in total. The second-order valence-corrected chi connectivity index (χ2v) is 16.0. The predicted octanol–water partition coefficient (Wildman–Crippen LogP) is 7.24. The van der Waals surface area contributed by atoms with Crippen LogP contribution in [0.15, 0.2) is 109 Å². The van der Waals surface area contributed by atoms with Gasteiger partial charge in [0.25, 0.3) is 11.3 Å². The van der Waals surface area contributed by atoms with Gasteiger partial charge in [-0.25, -0.2) is 30.9 Å². The Morgan fingerprint density at radius 3 is 2.09 bits per heavy atom. The summed E-state index contributed by atoms with van der Waals surface area (Å²) in [5.74, 6) is -1.66. The number of ether oxygens (including phenoxy) is 3. The van der Waals surface area contributed by atoms with Crippen molar-refractivity contribution in [2.45, 2.75) is 19.1 Å². The Balaban J connectivity index is 1.10. The van der Waals surface area contributed by atoms with E-state index in [1.165, 1.54) is 44.6 Å². The van der Waals surface area contributed by atoms with Crippen molar-refractivity contribution >= 4 is 61.9 Å². The van der Waals surface area contributed by atoms with Crippen LogP contribution in [0, 0.1) is 5.82 Å². The summed E-state index contributed by atoms with van der Waals surface area (Å²) in [4.78, 5) is 27.7. The zero-order valence-electron chi connectivity index (χ0n) is 30.2. The van der Waals surface area contributed by atoms with Gasteiger partial charge in [0.2, 0.25) is 10.0 Å². The molecule has 1 aliphatic rings. The van der Waals surface area contributed by atoms with Crippen molar-refractivity contribution in [2.24, 2.45) is 0 Å². The monoisotopic (exact) mass is 821 g/mol. The van der Waals surface area contributed by atoms with Crippen LogP contribution in [-0.4, -0.2) is 73.2 Å². The number of carbonyl (C=O) groups excluding carboxylic acids is 2. The van der Waals surface area contributed by atoms with E-state index in [0.717, 1.165) is 26.6 Å². The molecule has 0 bridgehead atoms. The fraction of sp³-hybridized carbons (Fsp3) is 0.200. The highest BCUT2D eigenvalue weighted by Gasteiger charge is 2.30. The molecule has 1 unspecified atom stereocenters. The first kappa shape index (κ1) is 40.3. The third-order valence-corrected chi connectivity index (χ3v) is 11.2. The molecular weight excluding hydrogens is 785 g/mol. The number of likely N-dealkylation sites (tertiary alicyclic amines) is 1. The molecule has 16 heteroatoms. The van der Waals surface area contributed by atoms with Gasteiger partial charge in [-0.2, -0.15) is 0 Å². The SMILES string of the molecule is COC(=O)c1cc(CN2CC(Oc3ccc(N(c4ccc(-c5ccc(F)cc5)cc4)S(=O)O)c(C(=O)OC)c3)C2)ccc1NS(=O)(=O)CCc1ccc(Cl)cc1. The fourth-order valence-electron chi connectivity index (χ4n) is 6.14. The zero-order chi connectivity index (χ0) is 40.0. The van der Waals surface area contributed by atoms with E-state index in [1.807, 2.05) is 0 Å².